The summed E-state index contributed by atoms with van der Waals surface area (Å²) in [5, 5.41) is 0. The van der Waals surface area contributed by atoms with Crippen LogP contribution in [0.3, 0.4) is 0 Å². The van der Waals surface area contributed by atoms with Crippen LogP contribution in [0.4, 0.5) is 0 Å². The Morgan fingerprint density at radius 1 is 1.41 bits per heavy atom. The van der Waals surface area contributed by atoms with Crippen LogP contribution in [0.1, 0.15) is 46.0 Å². The second-order valence-electron chi connectivity index (χ2n) is 6.14. The van der Waals surface area contributed by atoms with Crippen LogP contribution >= 0.6 is 0 Å². The van der Waals surface area contributed by atoms with E-state index >= 15 is 0 Å². The Labute approximate surface area is 106 Å². The number of ether oxygens (including phenoxy) is 1. The van der Waals surface area contributed by atoms with Gasteiger partial charge in [-0.15, -0.1) is 0 Å². The third-order valence-corrected chi connectivity index (χ3v) is 4.53. The third-order valence-electron chi connectivity index (χ3n) is 4.53. The van der Waals surface area contributed by atoms with Gasteiger partial charge in [0.1, 0.15) is 0 Å². The molecular formula is C14H28N2O. The molecule has 1 saturated carbocycles. The maximum atomic E-state index is 5.99. The topological polar surface area (TPSA) is 38.5 Å². The first-order chi connectivity index (χ1) is 8.18. The van der Waals surface area contributed by atoms with Crippen LogP contribution in [0.25, 0.3) is 0 Å². The number of hydrogen-bond acceptors (Lipinski definition) is 3. The minimum absolute atomic E-state index is 0.291. The van der Waals surface area contributed by atoms with Gasteiger partial charge in [-0.05, 0) is 37.6 Å². The van der Waals surface area contributed by atoms with Crippen molar-refractivity contribution in [2.45, 2.75) is 58.1 Å². The first-order valence-corrected chi connectivity index (χ1v) is 7.24. The maximum Gasteiger partial charge on any atom is 0.0730 e. The molecule has 3 atom stereocenters. The molecule has 100 valence electrons. The fourth-order valence-electron chi connectivity index (χ4n) is 3.54. The zero-order chi connectivity index (χ0) is 12.3. The van der Waals surface area contributed by atoms with E-state index in [9.17, 15) is 0 Å². The fourth-order valence-corrected chi connectivity index (χ4v) is 3.54. The van der Waals surface area contributed by atoms with Crippen molar-refractivity contribution in [2.75, 3.05) is 26.2 Å². The molecule has 0 aromatic rings. The average Bonchev–Trinajstić information content (AvgIpc) is 2.78. The van der Waals surface area contributed by atoms with E-state index in [1.807, 2.05) is 0 Å². The fraction of sp³-hybridized carbons (Fsp3) is 1.00. The molecule has 0 aromatic heterocycles. The summed E-state index contributed by atoms with van der Waals surface area (Å²) in [5.41, 5.74) is 6.28. The average molecular weight is 240 g/mol. The van der Waals surface area contributed by atoms with E-state index in [-0.39, 0.29) is 0 Å². The highest BCUT2D eigenvalue weighted by atomic mass is 16.5. The molecule has 2 fully saturated rings. The molecule has 2 rings (SSSR count). The molecule has 1 saturated heterocycles. The molecule has 0 amide bonds. The van der Waals surface area contributed by atoms with E-state index in [1.165, 1.54) is 32.1 Å². The minimum Gasteiger partial charge on any atom is -0.375 e. The lowest BCUT2D eigenvalue weighted by molar-refractivity contribution is -0.0673. The molecule has 2 N–H and O–H groups in total. The highest BCUT2D eigenvalue weighted by Gasteiger charge is 2.38. The monoisotopic (exact) mass is 240 g/mol. The highest BCUT2D eigenvalue weighted by Crippen LogP contribution is 2.33. The Balaban J connectivity index is 1.96. The van der Waals surface area contributed by atoms with Crippen molar-refractivity contribution in [3.05, 3.63) is 0 Å². The molecule has 2 aliphatic rings. The molecular weight excluding hydrogens is 212 g/mol. The van der Waals surface area contributed by atoms with Gasteiger partial charge in [-0.1, -0.05) is 20.3 Å². The Hall–Kier alpha value is -0.120. The summed E-state index contributed by atoms with van der Waals surface area (Å²) >= 11 is 0. The van der Waals surface area contributed by atoms with Crippen molar-refractivity contribution in [3.63, 3.8) is 0 Å². The lowest BCUT2D eigenvalue weighted by Crippen LogP contribution is -2.53. The summed E-state index contributed by atoms with van der Waals surface area (Å²) in [7, 11) is 0. The summed E-state index contributed by atoms with van der Waals surface area (Å²) in [6.45, 7) is 8.56. The predicted octanol–water partition coefficient (Wildman–Crippen LogP) is 2.00. The molecule has 3 heteroatoms. The number of rotatable bonds is 5. The predicted molar refractivity (Wildman–Crippen MR) is 71.0 cm³/mol. The number of nitrogens with zero attached hydrogens (tertiary/aromatic N) is 1. The van der Waals surface area contributed by atoms with Gasteiger partial charge < -0.3 is 10.5 Å². The standard InChI is InChI=1S/C14H28N2O/c1-3-7-14(2,10-15)11-16-8-9-17-13-6-4-5-12(13)16/h12-13H,3-11,15H2,1-2H3. The van der Waals surface area contributed by atoms with E-state index in [4.69, 9.17) is 10.5 Å². The van der Waals surface area contributed by atoms with Gasteiger partial charge in [0.15, 0.2) is 0 Å². The van der Waals surface area contributed by atoms with Crippen LogP contribution in [0.15, 0.2) is 0 Å². The Morgan fingerprint density at radius 2 is 2.24 bits per heavy atom. The molecule has 3 nitrogen and oxygen atoms in total. The number of nitrogens with two attached hydrogens (primary N) is 1. The van der Waals surface area contributed by atoms with Crippen molar-refractivity contribution in [1.29, 1.82) is 0 Å². The highest BCUT2D eigenvalue weighted by molar-refractivity contribution is 4.92. The van der Waals surface area contributed by atoms with Crippen LogP contribution in [-0.2, 0) is 4.74 Å². The van der Waals surface area contributed by atoms with Gasteiger partial charge in [0, 0.05) is 19.1 Å². The third kappa shape index (κ3) is 3.01. The molecule has 17 heavy (non-hydrogen) atoms. The smallest absolute Gasteiger partial charge is 0.0730 e. The van der Waals surface area contributed by atoms with Gasteiger partial charge in [-0.2, -0.15) is 0 Å². The van der Waals surface area contributed by atoms with Crippen molar-refractivity contribution < 1.29 is 4.74 Å². The first-order valence-electron chi connectivity index (χ1n) is 7.24. The van der Waals surface area contributed by atoms with Crippen LogP contribution < -0.4 is 5.73 Å². The van der Waals surface area contributed by atoms with Crippen molar-refractivity contribution in [3.8, 4) is 0 Å². The molecule has 3 unspecified atom stereocenters. The van der Waals surface area contributed by atoms with Gasteiger partial charge in [0.05, 0.1) is 12.7 Å². The van der Waals surface area contributed by atoms with Crippen LogP contribution in [0.5, 0.6) is 0 Å². The van der Waals surface area contributed by atoms with E-state index in [0.717, 1.165) is 26.2 Å². The van der Waals surface area contributed by atoms with Crippen molar-refractivity contribution in [1.82, 2.24) is 4.90 Å². The second-order valence-corrected chi connectivity index (χ2v) is 6.14. The summed E-state index contributed by atoms with van der Waals surface area (Å²) in [5.74, 6) is 0. The van der Waals surface area contributed by atoms with Crippen molar-refractivity contribution in [2.24, 2.45) is 11.1 Å². The lowest BCUT2D eigenvalue weighted by atomic mass is 9.84. The molecule has 1 heterocycles. The van der Waals surface area contributed by atoms with Crippen LogP contribution in [-0.4, -0.2) is 43.3 Å². The lowest BCUT2D eigenvalue weighted by Gasteiger charge is -2.42. The summed E-state index contributed by atoms with van der Waals surface area (Å²) < 4.78 is 5.87. The van der Waals surface area contributed by atoms with E-state index in [1.54, 1.807) is 0 Å². The number of morpholine rings is 1. The normalized spacial score (nSPS) is 33.4. The Bertz CT molecular complexity index is 246. The number of fused-ring (bicyclic) bond motifs is 1. The van der Waals surface area contributed by atoms with Crippen LogP contribution in [0, 0.1) is 5.41 Å². The minimum atomic E-state index is 0.291. The summed E-state index contributed by atoms with van der Waals surface area (Å²) in [4.78, 5) is 2.66. The van der Waals surface area contributed by atoms with Crippen molar-refractivity contribution >= 4 is 0 Å². The zero-order valence-electron chi connectivity index (χ0n) is 11.5. The van der Waals surface area contributed by atoms with Gasteiger partial charge in [-0.25, -0.2) is 0 Å². The molecule has 0 aromatic carbocycles. The van der Waals surface area contributed by atoms with E-state index in [0.29, 0.717) is 17.6 Å². The molecule has 0 bridgehead atoms. The Morgan fingerprint density at radius 3 is 2.94 bits per heavy atom. The van der Waals surface area contributed by atoms with E-state index in [2.05, 4.69) is 18.7 Å². The zero-order valence-corrected chi connectivity index (χ0v) is 11.5. The van der Waals surface area contributed by atoms with E-state index < -0.39 is 0 Å². The quantitative estimate of drug-likeness (QED) is 0.799. The van der Waals surface area contributed by atoms with Gasteiger partial charge in [0.25, 0.3) is 0 Å². The molecule has 1 aliphatic carbocycles. The molecule has 0 spiro atoms. The summed E-state index contributed by atoms with van der Waals surface area (Å²) in [6, 6.07) is 0.673. The largest absolute Gasteiger partial charge is 0.375 e. The SMILES string of the molecule is CCCC(C)(CN)CN1CCOC2CCCC21. The van der Waals surface area contributed by atoms with Gasteiger partial charge in [0.2, 0.25) is 0 Å². The summed E-state index contributed by atoms with van der Waals surface area (Å²) in [6.07, 6.45) is 6.88. The molecule has 1 aliphatic heterocycles. The molecule has 0 radical (unpaired) electrons. The van der Waals surface area contributed by atoms with Gasteiger partial charge >= 0.3 is 0 Å². The second kappa shape index (κ2) is 5.68. The number of hydrogen-bond donors (Lipinski definition) is 1. The maximum absolute atomic E-state index is 5.99. The van der Waals surface area contributed by atoms with Gasteiger partial charge in [-0.3, -0.25) is 4.90 Å². The van der Waals surface area contributed by atoms with Crippen LogP contribution in [0.2, 0.25) is 0 Å². The first kappa shape index (κ1) is 13.3. The Kier molecular flexibility index (Phi) is 4.45.